The van der Waals surface area contributed by atoms with Gasteiger partial charge >= 0.3 is 5.97 Å². The minimum atomic E-state index is -3.90. The molecule has 0 spiro atoms. The summed E-state index contributed by atoms with van der Waals surface area (Å²) >= 11 is 11.6. The molecule has 18 heavy (non-hydrogen) atoms. The van der Waals surface area contributed by atoms with Gasteiger partial charge in [-0.1, -0.05) is 6.07 Å². The molecule has 2 rings (SSSR count). The molecule has 1 atom stereocenters. The molecule has 0 aliphatic carbocycles. The highest BCUT2D eigenvalue weighted by Gasteiger charge is 2.30. The average molecular weight is 327 g/mol. The van der Waals surface area contributed by atoms with Crippen molar-refractivity contribution in [3.05, 3.63) is 34.7 Å². The van der Waals surface area contributed by atoms with Crippen LogP contribution in [-0.2, 0) is 4.57 Å². The minimum Gasteiger partial charge on any atom is -0.477 e. The van der Waals surface area contributed by atoms with Gasteiger partial charge in [0.2, 0.25) is 5.91 Å². The number of hydrogen-bond donors (Lipinski definition) is 1. The third-order valence-electron chi connectivity index (χ3n) is 2.29. The zero-order chi connectivity index (χ0) is 13.5. The van der Waals surface area contributed by atoms with Crippen LogP contribution in [0.5, 0.6) is 0 Å². The summed E-state index contributed by atoms with van der Waals surface area (Å²) in [4.78, 5) is 10.9. The van der Waals surface area contributed by atoms with Crippen molar-refractivity contribution >= 4 is 55.7 Å². The summed E-state index contributed by atoms with van der Waals surface area (Å²) in [6, 6.07) is 5.77. The number of alkyl halides is 1. The van der Waals surface area contributed by atoms with Gasteiger partial charge in [-0.25, -0.2) is 9.18 Å². The maximum atomic E-state index is 13.7. The normalized spacial score (nSPS) is 13.7. The molecule has 0 radical (unpaired) electrons. The van der Waals surface area contributed by atoms with Gasteiger partial charge in [-0.15, -0.1) is 11.3 Å². The molecule has 8 heteroatoms. The minimum absolute atomic E-state index is 0.0746. The fourth-order valence-electron chi connectivity index (χ4n) is 1.49. The second-order valence-electron chi connectivity index (χ2n) is 3.55. The van der Waals surface area contributed by atoms with Gasteiger partial charge in [-0.05, 0) is 51.6 Å². The van der Waals surface area contributed by atoms with Crippen LogP contribution >= 0.6 is 39.7 Å². The number of rotatable bonds is 3. The second-order valence-corrected chi connectivity index (χ2v) is 9.63. The molecular formula is C10H6Cl2FO3PS. The molecule has 1 N–H and O–H groups in total. The van der Waals surface area contributed by atoms with Gasteiger partial charge in [0.1, 0.15) is 4.88 Å². The lowest BCUT2D eigenvalue weighted by atomic mass is 10.2. The summed E-state index contributed by atoms with van der Waals surface area (Å²) in [5, 5.41) is 9.40. The maximum Gasteiger partial charge on any atom is 0.345 e. The van der Waals surface area contributed by atoms with Crippen molar-refractivity contribution in [1.82, 2.24) is 0 Å². The number of thiophene rings is 1. The Morgan fingerprint density at radius 3 is 2.61 bits per heavy atom. The van der Waals surface area contributed by atoms with E-state index in [1.807, 2.05) is 0 Å². The quantitative estimate of drug-likeness (QED) is 0.785. The van der Waals surface area contributed by atoms with E-state index in [-0.39, 0.29) is 10.4 Å². The molecule has 1 heterocycles. The standard InChI is InChI=1S/C10H6Cl2FO3PS/c11-17(12,16)9(13)5-1-2-7-6(3-5)4-8(18-7)10(14)15/h1-4,9H,(H,14,15). The summed E-state index contributed by atoms with van der Waals surface area (Å²) in [7, 11) is 0. The first-order valence-corrected chi connectivity index (χ1v) is 9.09. The molecule has 0 aliphatic heterocycles. The van der Waals surface area contributed by atoms with E-state index >= 15 is 0 Å². The number of hydrogen-bond acceptors (Lipinski definition) is 3. The van der Waals surface area contributed by atoms with Crippen LogP contribution in [0.1, 0.15) is 21.1 Å². The van der Waals surface area contributed by atoms with Gasteiger partial charge in [0.25, 0.3) is 5.85 Å². The zero-order valence-corrected chi connectivity index (χ0v) is 11.9. The molecule has 0 amide bonds. The van der Waals surface area contributed by atoms with Crippen molar-refractivity contribution in [2.24, 2.45) is 0 Å². The Bertz CT molecular complexity index is 666. The van der Waals surface area contributed by atoms with Gasteiger partial charge in [0, 0.05) is 4.70 Å². The molecule has 1 aromatic carbocycles. The Morgan fingerprint density at radius 1 is 1.39 bits per heavy atom. The first-order valence-electron chi connectivity index (χ1n) is 4.69. The first kappa shape index (κ1) is 13.8. The van der Waals surface area contributed by atoms with Gasteiger partial charge in [-0.3, -0.25) is 4.57 Å². The largest absolute Gasteiger partial charge is 0.477 e. The van der Waals surface area contributed by atoms with Crippen LogP contribution in [0.2, 0.25) is 0 Å². The van der Waals surface area contributed by atoms with Crippen LogP contribution in [0.3, 0.4) is 0 Å². The highest BCUT2D eigenvalue weighted by atomic mass is 35.9. The van der Waals surface area contributed by atoms with E-state index in [0.29, 0.717) is 10.1 Å². The van der Waals surface area contributed by atoms with Crippen molar-refractivity contribution < 1.29 is 18.9 Å². The van der Waals surface area contributed by atoms with Gasteiger partial charge in [0.05, 0.1) is 0 Å². The fraction of sp³-hybridized carbons (Fsp3) is 0.100. The van der Waals surface area contributed by atoms with Gasteiger partial charge < -0.3 is 5.11 Å². The molecule has 0 fully saturated rings. The SMILES string of the molecule is O=C(O)c1cc2cc(C(F)P(=O)(Cl)Cl)ccc2s1. The number of aromatic carboxylic acids is 1. The Labute approximate surface area is 115 Å². The number of halogens is 3. The number of carboxylic acid groups (broad SMARTS) is 1. The lowest BCUT2D eigenvalue weighted by molar-refractivity contribution is 0.0702. The van der Waals surface area contributed by atoms with Crippen LogP contribution in [0, 0.1) is 0 Å². The Hall–Kier alpha value is -0.610. The van der Waals surface area contributed by atoms with E-state index in [2.05, 4.69) is 0 Å². The summed E-state index contributed by atoms with van der Waals surface area (Å²) < 4.78 is 25.6. The molecule has 3 nitrogen and oxygen atoms in total. The molecular weight excluding hydrogens is 321 g/mol. The summed E-state index contributed by atoms with van der Waals surface area (Å²) in [5.41, 5.74) is 0.0746. The highest BCUT2D eigenvalue weighted by molar-refractivity contribution is 8.08. The molecule has 1 aromatic heterocycles. The van der Waals surface area contributed by atoms with Crippen molar-refractivity contribution in [2.75, 3.05) is 0 Å². The van der Waals surface area contributed by atoms with Crippen molar-refractivity contribution in [3.63, 3.8) is 0 Å². The average Bonchev–Trinajstić information content (AvgIpc) is 2.69. The zero-order valence-electron chi connectivity index (χ0n) is 8.64. The molecule has 96 valence electrons. The monoisotopic (exact) mass is 326 g/mol. The van der Waals surface area contributed by atoms with E-state index in [0.717, 1.165) is 11.3 Å². The van der Waals surface area contributed by atoms with Gasteiger partial charge in [-0.2, -0.15) is 0 Å². The molecule has 0 bridgehead atoms. The molecule has 1 unspecified atom stereocenters. The van der Waals surface area contributed by atoms with E-state index in [1.165, 1.54) is 18.2 Å². The van der Waals surface area contributed by atoms with Gasteiger partial charge in [0.15, 0.2) is 0 Å². The van der Waals surface area contributed by atoms with Crippen LogP contribution in [0.25, 0.3) is 10.1 Å². The van der Waals surface area contributed by atoms with Crippen LogP contribution in [0.4, 0.5) is 4.39 Å². The predicted molar refractivity (Wildman–Crippen MR) is 71.9 cm³/mol. The Balaban J connectivity index is 2.50. The number of carbonyl (C=O) groups is 1. The fourth-order valence-corrected chi connectivity index (χ4v) is 3.55. The van der Waals surface area contributed by atoms with Crippen LogP contribution < -0.4 is 0 Å². The smallest absolute Gasteiger partial charge is 0.345 e. The van der Waals surface area contributed by atoms with Crippen molar-refractivity contribution in [3.8, 4) is 0 Å². The summed E-state index contributed by atoms with van der Waals surface area (Å²) in [6.07, 6.45) is 0. The van der Waals surface area contributed by atoms with Crippen LogP contribution in [0.15, 0.2) is 24.3 Å². The van der Waals surface area contributed by atoms with Crippen molar-refractivity contribution in [1.29, 1.82) is 0 Å². The lowest BCUT2D eigenvalue weighted by Crippen LogP contribution is -1.89. The molecule has 0 saturated carbocycles. The van der Waals surface area contributed by atoms with Crippen molar-refractivity contribution in [2.45, 2.75) is 5.91 Å². The van der Waals surface area contributed by atoms with E-state index in [4.69, 9.17) is 27.6 Å². The number of carboxylic acids is 1. The topological polar surface area (TPSA) is 54.4 Å². The highest BCUT2D eigenvalue weighted by Crippen LogP contribution is 2.68. The molecule has 2 aromatic rings. The maximum absolute atomic E-state index is 13.7. The lowest BCUT2D eigenvalue weighted by Gasteiger charge is -2.08. The third kappa shape index (κ3) is 2.69. The molecule has 0 aliphatic rings. The van der Waals surface area contributed by atoms with E-state index < -0.39 is 17.7 Å². The van der Waals surface area contributed by atoms with E-state index in [9.17, 15) is 13.8 Å². The Kier molecular flexibility index (Phi) is 3.70. The Morgan fingerprint density at radius 2 is 2.06 bits per heavy atom. The predicted octanol–water partition coefficient (Wildman–Crippen LogP) is 5.24. The number of benzene rings is 1. The summed E-state index contributed by atoms with van der Waals surface area (Å²) in [5.74, 6) is -6.92. The molecule has 0 saturated heterocycles. The van der Waals surface area contributed by atoms with E-state index in [1.54, 1.807) is 6.07 Å². The third-order valence-corrected chi connectivity index (χ3v) is 5.25. The van der Waals surface area contributed by atoms with Crippen LogP contribution in [-0.4, -0.2) is 11.1 Å². The number of fused-ring (bicyclic) bond motifs is 1. The second kappa shape index (κ2) is 4.82. The summed E-state index contributed by atoms with van der Waals surface area (Å²) in [6.45, 7) is 0. The first-order chi connectivity index (χ1) is 8.29.